The number of carbonyl (C=O) groups is 2. The summed E-state index contributed by atoms with van der Waals surface area (Å²) in [5.74, 6) is -1.27. The minimum absolute atomic E-state index is 0. The molecule has 1 rings (SSSR count). The molecule has 1 aromatic carbocycles. The van der Waals surface area contributed by atoms with Crippen LogP contribution >= 0.6 is 12.4 Å². The topological polar surface area (TPSA) is 84.2 Å². The molecule has 0 aliphatic carbocycles. The zero-order valence-corrected chi connectivity index (χ0v) is 14.2. The van der Waals surface area contributed by atoms with Gasteiger partial charge >= 0.3 is 6.18 Å². The summed E-state index contributed by atoms with van der Waals surface area (Å²) in [6, 6.07) is 3.59. The smallest absolute Gasteiger partial charge is 0.343 e. The largest absolute Gasteiger partial charge is 0.405 e. The van der Waals surface area contributed by atoms with Crippen molar-refractivity contribution in [2.24, 2.45) is 5.73 Å². The number of nitrogens with two attached hydrogens (primary N) is 1. The number of benzene rings is 1. The quantitative estimate of drug-likeness (QED) is 0.722. The molecule has 136 valence electrons. The van der Waals surface area contributed by atoms with E-state index in [1.165, 1.54) is 12.1 Å². The van der Waals surface area contributed by atoms with E-state index in [-0.39, 0.29) is 18.0 Å². The molecule has 0 bridgehead atoms. The predicted molar refractivity (Wildman–Crippen MR) is 88.3 cm³/mol. The minimum atomic E-state index is -4.48. The lowest BCUT2D eigenvalue weighted by Gasteiger charge is -2.14. The first kappa shape index (κ1) is 22.2. The monoisotopic (exact) mass is 367 g/mol. The second kappa shape index (κ2) is 9.48. The minimum Gasteiger partial charge on any atom is -0.343 e. The Balaban J connectivity index is 0.00000529. The summed E-state index contributed by atoms with van der Waals surface area (Å²) in [5, 5.41) is 4.38. The van der Waals surface area contributed by atoms with Gasteiger partial charge < -0.3 is 16.4 Å². The van der Waals surface area contributed by atoms with Gasteiger partial charge in [-0.3, -0.25) is 9.59 Å². The highest BCUT2D eigenvalue weighted by atomic mass is 35.5. The summed E-state index contributed by atoms with van der Waals surface area (Å²) >= 11 is 0. The van der Waals surface area contributed by atoms with E-state index in [9.17, 15) is 22.8 Å². The van der Waals surface area contributed by atoms with E-state index in [1.807, 2.05) is 6.92 Å². The van der Waals surface area contributed by atoms with Gasteiger partial charge in [0.15, 0.2) is 0 Å². The van der Waals surface area contributed by atoms with Gasteiger partial charge in [-0.15, -0.1) is 12.4 Å². The molecule has 1 unspecified atom stereocenters. The van der Waals surface area contributed by atoms with Crippen molar-refractivity contribution >= 4 is 29.9 Å². The molecule has 0 aliphatic heterocycles. The average molecular weight is 368 g/mol. The number of alkyl halides is 3. The number of anilines is 1. The molecule has 4 N–H and O–H groups in total. The number of carbonyl (C=O) groups excluding carboxylic acids is 2. The summed E-state index contributed by atoms with van der Waals surface area (Å²) in [4.78, 5) is 23.6. The molecule has 5 nitrogen and oxygen atoms in total. The SMILES string of the molecule is CCCC(N)C(=O)Nc1cc(C(=O)NCC(F)(F)F)ccc1C.Cl. The maximum atomic E-state index is 12.1. The average Bonchev–Trinajstić information content (AvgIpc) is 2.46. The number of hydrogen-bond acceptors (Lipinski definition) is 3. The van der Waals surface area contributed by atoms with Crippen molar-refractivity contribution in [1.82, 2.24) is 5.32 Å². The highest BCUT2D eigenvalue weighted by molar-refractivity contribution is 5.99. The van der Waals surface area contributed by atoms with Crippen molar-refractivity contribution in [2.75, 3.05) is 11.9 Å². The first-order valence-corrected chi connectivity index (χ1v) is 7.16. The van der Waals surface area contributed by atoms with E-state index in [2.05, 4.69) is 5.32 Å². The molecule has 9 heteroatoms. The fraction of sp³-hybridized carbons (Fsp3) is 0.467. The Morgan fingerprint density at radius 3 is 2.46 bits per heavy atom. The summed E-state index contributed by atoms with van der Waals surface area (Å²) in [6.07, 6.45) is -3.23. The number of halogens is 4. The molecule has 1 atom stereocenters. The van der Waals surface area contributed by atoms with Crippen LogP contribution in [0.4, 0.5) is 18.9 Å². The van der Waals surface area contributed by atoms with Gasteiger partial charge in [-0.05, 0) is 31.0 Å². The lowest BCUT2D eigenvalue weighted by Crippen LogP contribution is -2.36. The Hall–Kier alpha value is -1.80. The highest BCUT2D eigenvalue weighted by Crippen LogP contribution is 2.18. The molecule has 2 amide bonds. The summed E-state index contributed by atoms with van der Waals surface area (Å²) in [5.41, 5.74) is 6.75. The number of nitrogens with one attached hydrogen (secondary N) is 2. The van der Waals surface area contributed by atoms with Crippen LogP contribution in [0.1, 0.15) is 35.7 Å². The van der Waals surface area contributed by atoms with Crippen LogP contribution in [0, 0.1) is 6.92 Å². The second-order valence-electron chi connectivity index (χ2n) is 5.21. The van der Waals surface area contributed by atoms with E-state index in [1.54, 1.807) is 18.3 Å². The van der Waals surface area contributed by atoms with Crippen molar-refractivity contribution in [3.8, 4) is 0 Å². The number of aryl methyl sites for hydroxylation is 1. The van der Waals surface area contributed by atoms with Gasteiger partial charge in [-0.25, -0.2) is 0 Å². The third-order valence-corrected chi connectivity index (χ3v) is 3.14. The van der Waals surface area contributed by atoms with Crippen LogP contribution in [0.5, 0.6) is 0 Å². The molecular weight excluding hydrogens is 347 g/mol. The van der Waals surface area contributed by atoms with Gasteiger partial charge in [-0.1, -0.05) is 19.4 Å². The molecule has 0 spiro atoms. The van der Waals surface area contributed by atoms with Crippen LogP contribution in [0.15, 0.2) is 18.2 Å². The van der Waals surface area contributed by atoms with Crippen LogP contribution in [-0.2, 0) is 4.79 Å². The Bertz CT molecular complexity index is 580. The van der Waals surface area contributed by atoms with Gasteiger partial charge in [0.2, 0.25) is 5.91 Å². The normalized spacial score (nSPS) is 12.1. The van der Waals surface area contributed by atoms with Gasteiger partial charge in [0.1, 0.15) is 6.54 Å². The lowest BCUT2D eigenvalue weighted by atomic mass is 10.1. The van der Waals surface area contributed by atoms with E-state index in [0.717, 1.165) is 6.42 Å². The van der Waals surface area contributed by atoms with Crippen LogP contribution in [0.2, 0.25) is 0 Å². The zero-order chi connectivity index (χ0) is 17.6. The molecule has 0 aromatic heterocycles. The van der Waals surface area contributed by atoms with Crippen molar-refractivity contribution in [3.05, 3.63) is 29.3 Å². The first-order chi connectivity index (χ1) is 10.6. The number of amides is 2. The van der Waals surface area contributed by atoms with Crippen molar-refractivity contribution in [3.63, 3.8) is 0 Å². The molecule has 0 radical (unpaired) electrons. The highest BCUT2D eigenvalue weighted by Gasteiger charge is 2.28. The van der Waals surface area contributed by atoms with Crippen LogP contribution in [0.25, 0.3) is 0 Å². The Morgan fingerprint density at radius 1 is 1.29 bits per heavy atom. The second-order valence-corrected chi connectivity index (χ2v) is 5.21. The summed E-state index contributed by atoms with van der Waals surface area (Å²) < 4.78 is 36.4. The maximum Gasteiger partial charge on any atom is 0.405 e. The van der Waals surface area contributed by atoms with Crippen LogP contribution in [0.3, 0.4) is 0 Å². The first-order valence-electron chi connectivity index (χ1n) is 7.16. The predicted octanol–water partition coefficient (Wildman–Crippen LogP) is 2.77. The van der Waals surface area contributed by atoms with Gasteiger partial charge in [0.25, 0.3) is 5.91 Å². The lowest BCUT2D eigenvalue weighted by molar-refractivity contribution is -0.123. The Labute approximate surface area is 144 Å². The third kappa shape index (κ3) is 7.18. The van der Waals surface area contributed by atoms with Crippen molar-refractivity contribution < 1.29 is 22.8 Å². The van der Waals surface area contributed by atoms with E-state index >= 15 is 0 Å². The van der Waals surface area contributed by atoms with Crippen molar-refractivity contribution in [2.45, 2.75) is 38.9 Å². The van der Waals surface area contributed by atoms with Gasteiger partial charge in [0.05, 0.1) is 6.04 Å². The number of hydrogen-bond donors (Lipinski definition) is 3. The van der Waals surface area contributed by atoms with E-state index in [0.29, 0.717) is 17.7 Å². The Kier molecular flexibility index (Phi) is 8.77. The molecule has 0 saturated heterocycles. The fourth-order valence-corrected chi connectivity index (χ4v) is 1.85. The molecule has 0 saturated carbocycles. The van der Waals surface area contributed by atoms with Gasteiger partial charge in [-0.2, -0.15) is 13.2 Å². The van der Waals surface area contributed by atoms with Crippen LogP contribution < -0.4 is 16.4 Å². The van der Waals surface area contributed by atoms with Gasteiger partial charge in [0, 0.05) is 11.3 Å². The molecule has 0 fully saturated rings. The molecule has 1 aromatic rings. The fourth-order valence-electron chi connectivity index (χ4n) is 1.85. The molecular formula is C15H21ClF3N3O2. The van der Waals surface area contributed by atoms with E-state index in [4.69, 9.17) is 5.73 Å². The van der Waals surface area contributed by atoms with Crippen molar-refractivity contribution in [1.29, 1.82) is 0 Å². The standard InChI is InChI=1S/C15H20F3N3O2.ClH/c1-3-4-11(19)14(23)21-12-7-10(6-5-9(12)2)13(22)20-8-15(16,17)18;/h5-7,11H,3-4,8,19H2,1-2H3,(H,20,22)(H,21,23);1H. The zero-order valence-electron chi connectivity index (χ0n) is 13.4. The maximum absolute atomic E-state index is 12.1. The number of rotatable bonds is 6. The van der Waals surface area contributed by atoms with E-state index < -0.39 is 30.6 Å². The molecule has 0 heterocycles. The van der Waals surface area contributed by atoms with Crippen LogP contribution in [-0.4, -0.2) is 30.6 Å². The summed E-state index contributed by atoms with van der Waals surface area (Å²) in [6.45, 7) is 2.19. The molecule has 0 aliphatic rings. The Morgan fingerprint density at radius 2 is 1.92 bits per heavy atom. The summed E-state index contributed by atoms with van der Waals surface area (Å²) in [7, 11) is 0. The third-order valence-electron chi connectivity index (χ3n) is 3.14. The molecule has 24 heavy (non-hydrogen) atoms.